The van der Waals surface area contributed by atoms with Gasteiger partial charge in [0, 0.05) is 13.3 Å². The summed E-state index contributed by atoms with van der Waals surface area (Å²) < 4.78 is 57.6. The quantitative estimate of drug-likeness (QED) is 0.556. The molecule has 0 spiro atoms. The number of halogens is 4. The number of carbonyl (C=O) groups is 2. The molecule has 1 aliphatic heterocycles. The summed E-state index contributed by atoms with van der Waals surface area (Å²) in [7, 11) is 1.35. The van der Waals surface area contributed by atoms with Gasteiger partial charge in [-0.3, -0.25) is 4.79 Å². The van der Waals surface area contributed by atoms with E-state index in [0.717, 1.165) is 11.0 Å². The molecule has 3 amide bonds. The lowest BCUT2D eigenvalue weighted by Crippen LogP contribution is -2.40. The zero-order valence-electron chi connectivity index (χ0n) is 16.9. The van der Waals surface area contributed by atoms with Crippen molar-refractivity contribution in [2.75, 3.05) is 25.6 Å². The monoisotopic (exact) mass is 455 g/mol. The molecule has 0 saturated carbocycles. The second-order valence-electron chi connectivity index (χ2n) is 7.16. The van der Waals surface area contributed by atoms with E-state index in [0.29, 0.717) is 5.56 Å². The second kappa shape index (κ2) is 9.49. The third-order valence-corrected chi connectivity index (χ3v) is 4.94. The van der Waals surface area contributed by atoms with Gasteiger partial charge in [-0.25, -0.2) is 14.2 Å². The number of nitrogens with zero attached hydrogens (tertiary/aromatic N) is 2. The molecule has 32 heavy (non-hydrogen) atoms. The summed E-state index contributed by atoms with van der Waals surface area (Å²) in [5.74, 6) is -1.15. The van der Waals surface area contributed by atoms with E-state index in [4.69, 9.17) is 10.5 Å². The Labute approximate surface area is 180 Å². The second-order valence-corrected chi connectivity index (χ2v) is 7.16. The van der Waals surface area contributed by atoms with Crippen LogP contribution in [0.4, 0.5) is 28.2 Å². The highest BCUT2D eigenvalue weighted by Gasteiger charge is 2.48. The molecule has 1 aliphatic rings. The van der Waals surface area contributed by atoms with Gasteiger partial charge < -0.3 is 26.0 Å². The first-order chi connectivity index (χ1) is 15.1. The van der Waals surface area contributed by atoms with Crippen molar-refractivity contribution in [1.82, 2.24) is 15.2 Å². The molecule has 0 aliphatic carbocycles. The average Bonchev–Trinajstić information content (AvgIpc) is 3.13. The molecular weight excluding hydrogens is 434 g/mol. The molecule has 0 unspecified atom stereocenters. The predicted octanol–water partition coefficient (Wildman–Crippen LogP) is 2.50. The van der Waals surface area contributed by atoms with E-state index in [1.165, 1.54) is 43.6 Å². The SMILES string of the molecule is COC[C@H](c1ccnc(NC(=O)[C@@H](N)c2cccc(F)c2)c1)N1C[C@@H](C(F)(F)F)NC1=O. The molecule has 1 saturated heterocycles. The van der Waals surface area contributed by atoms with Crippen LogP contribution in [0.15, 0.2) is 42.6 Å². The van der Waals surface area contributed by atoms with Gasteiger partial charge in [-0.15, -0.1) is 0 Å². The Hall–Kier alpha value is -3.25. The first kappa shape index (κ1) is 23.4. The van der Waals surface area contributed by atoms with Gasteiger partial charge in [0.15, 0.2) is 0 Å². The summed E-state index contributed by atoms with van der Waals surface area (Å²) in [5.41, 5.74) is 6.53. The van der Waals surface area contributed by atoms with Gasteiger partial charge in [-0.05, 0) is 35.4 Å². The number of nitrogens with one attached hydrogen (secondary N) is 2. The van der Waals surface area contributed by atoms with Crippen molar-refractivity contribution in [2.45, 2.75) is 24.3 Å². The Balaban J connectivity index is 1.78. The third kappa shape index (κ3) is 5.32. The van der Waals surface area contributed by atoms with Gasteiger partial charge in [0.2, 0.25) is 5.91 Å². The summed E-state index contributed by atoms with van der Waals surface area (Å²) in [6.07, 6.45) is -3.26. The Morgan fingerprint density at radius 3 is 2.72 bits per heavy atom. The summed E-state index contributed by atoms with van der Waals surface area (Å²) in [5, 5.41) is 4.41. The van der Waals surface area contributed by atoms with Crippen LogP contribution in [0.1, 0.15) is 23.2 Å². The Morgan fingerprint density at radius 2 is 2.09 bits per heavy atom. The van der Waals surface area contributed by atoms with E-state index < -0.39 is 48.6 Å². The lowest BCUT2D eigenvalue weighted by atomic mass is 10.1. The maximum atomic E-state index is 13.4. The number of hydrogen-bond donors (Lipinski definition) is 3. The molecule has 12 heteroatoms. The molecule has 2 heterocycles. The van der Waals surface area contributed by atoms with Crippen molar-refractivity contribution in [2.24, 2.45) is 5.73 Å². The van der Waals surface area contributed by atoms with E-state index in [-0.39, 0.29) is 18.0 Å². The summed E-state index contributed by atoms with van der Waals surface area (Å²) in [6.45, 7) is -0.678. The molecule has 3 rings (SSSR count). The van der Waals surface area contributed by atoms with Crippen LogP contribution in [0.5, 0.6) is 0 Å². The molecule has 0 bridgehead atoms. The minimum absolute atomic E-state index is 0.0624. The van der Waals surface area contributed by atoms with Crippen molar-refractivity contribution in [3.8, 4) is 0 Å². The molecule has 0 radical (unpaired) electrons. The fourth-order valence-corrected chi connectivity index (χ4v) is 3.31. The average molecular weight is 455 g/mol. The Kier molecular flexibility index (Phi) is 6.94. The van der Waals surface area contributed by atoms with Crippen molar-refractivity contribution >= 4 is 17.8 Å². The molecule has 8 nitrogen and oxygen atoms in total. The van der Waals surface area contributed by atoms with E-state index in [1.54, 1.807) is 0 Å². The van der Waals surface area contributed by atoms with Crippen LogP contribution in [-0.4, -0.2) is 54.3 Å². The van der Waals surface area contributed by atoms with Crippen molar-refractivity contribution in [3.05, 3.63) is 59.5 Å². The highest BCUT2D eigenvalue weighted by Crippen LogP contribution is 2.30. The first-order valence-corrected chi connectivity index (χ1v) is 9.50. The maximum absolute atomic E-state index is 13.4. The number of aromatic nitrogens is 1. The number of benzene rings is 1. The van der Waals surface area contributed by atoms with Crippen LogP contribution in [0.2, 0.25) is 0 Å². The van der Waals surface area contributed by atoms with Gasteiger partial charge in [0.25, 0.3) is 0 Å². The highest BCUT2D eigenvalue weighted by atomic mass is 19.4. The van der Waals surface area contributed by atoms with E-state index in [1.807, 2.05) is 5.32 Å². The van der Waals surface area contributed by atoms with Gasteiger partial charge >= 0.3 is 12.2 Å². The van der Waals surface area contributed by atoms with E-state index >= 15 is 0 Å². The Morgan fingerprint density at radius 1 is 1.34 bits per heavy atom. The van der Waals surface area contributed by atoms with Crippen LogP contribution >= 0.6 is 0 Å². The topological polar surface area (TPSA) is 110 Å². The van der Waals surface area contributed by atoms with Crippen LogP contribution < -0.4 is 16.4 Å². The third-order valence-electron chi connectivity index (χ3n) is 4.94. The molecule has 172 valence electrons. The molecule has 4 N–H and O–H groups in total. The number of hydrogen-bond acceptors (Lipinski definition) is 5. The van der Waals surface area contributed by atoms with E-state index in [2.05, 4.69) is 10.3 Å². The number of carbonyl (C=O) groups excluding carboxylic acids is 2. The molecular formula is C20H21F4N5O3. The lowest BCUT2D eigenvalue weighted by Gasteiger charge is -2.27. The first-order valence-electron chi connectivity index (χ1n) is 9.50. The number of amides is 3. The normalized spacial score (nSPS) is 18.2. The van der Waals surface area contributed by atoms with E-state index in [9.17, 15) is 27.2 Å². The fraction of sp³-hybridized carbons (Fsp3) is 0.350. The fourth-order valence-electron chi connectivity index (χ4n) is 3.31. The number of alkyl halides is 3. The Bertz CT molecular complexity index is 988. The van der Waals surface area contributed by atoms with Crippen LogP contribution in [0.3, 0.4) is 0 Å². The number of ether oxygens (including phenoxy) is 1. The highest BCUT2D eigenvalue weighted by molar-refractivity contribution is 5.94. The number of methoxy groups -OCH3 is 1. The minimum atomic E-state index is -4.59. The van der Waals surface area contributed by atoms with Gasteiger partial charge in [-0.2, -0.15) is 13.2 Å². The minimum Gasteiger partial charge on any atom is -0.382 e. The molecule has 1 aromatic carbocycles. The number of nitrogens with two attached hydrogens (primary N) is 1. The number of urea groups is 1. The van der Waals surface area contributed by atoms with Gasteiger partial charge in [0.1, 0.15) is 23.7 Å². The van der Waals surface area contributed by atoms with Gasteiger partial charge in [0.05, 0.1) is 19.2 Å². The van der Waals surface area contributed by atoms with Crippen LogP contribution in [0.25, 0.3) is 0 Å². The number of rotatable bonds is 7. The molecule has 2 aromatic rings. The standard InChI is InChI=1S/C20H21F4N5O3/c1-32-10-14(29-9-15(20(22,23)24)27-19(29)31)11-5-6-26-16(8-11)28-18(30)17(25)12-3-2-4-13(21)7-12/h2-8,14-15,17H,9-10,25H2,1H3,(H,27,31)(H,26,28,30)/t14-,15+,17+/m1/s1. The van der Waals surface area contributed by atoms with Crippen molar-refractivity contribution in [1.29, 1.82) is 0 Å². The summed E-state index contributed by atoms with van der Waals surface area (Å²) in [6, 6.07) is 3.25. The zero-order valence-corrected chi connectivity index (χ0v) is 16.9. The molecule has 3 atom stereocenters. The lowest BCUT2D eigenvalue weighted by molar-refractivity contribution is -0.150. The van der Waals surface area contributed by atoms with Crippen LogP contribution in [-0.2, 0) is 9.53 Å². The van der Waals surface area contributed by atoms with Crippen molar-refractivity contribution in [3.63, 3.8) is 0 Å². The molecule has 1 aromatic heterocycles. The van der Waals surface area contributed by atoms with Gasteiger partial charge in [-0.1, -0.05) is 12.1 Å². The maximum Gasteiger partial charge on any atom is 0.410 e. The largest absolute Gasteiger partial charge is 0.410 e. The zero-order chi connectivity index (χ0) is 23.5. The number of anilines is 1. The summed E-state index contributed by atoms with van der Waals surface area (Å²) >= 11 is 0. The van der Waals surface area contributed by atoms with Crippen molar-refractivity contribution < 1.29 is 31.9 Å². The van der Waals surface area contributed by atoms with Crippen LogP contribution in [0, 0.1) is 5.82 Å². The smallest absolute Gasteiger partial charge is 0.382 e. The predicted molar refractivity (Wildman–Crippen MR) is 106 cm³/mol. The molecule has 1 fully saturated rings. The summed E-state index contributed by atoms with van der Waals surface area (Å²) in [4.78, 5) is 29.7. The number of pyridine rings is 1.